The van der Waals surface area contributed by atoms with Gasteiger partial charge in [-0.3, -0.25) is 4.79 Å². The van der Waals surface area contributed by atoms with Gasteiger partial charge in [-0.25, -0.2) is 4.79 Å². The Kier molecular flexibility index (Phi) is 4.76. The fourth-order valence-corrected chi connectivity index (χ4v) is 3.02. The predicted molar refractivity (Wildman–Crippen MR) is 68.6 cm³/mol. The third-order valence-electron chi connectivity index (χ3n) is 4.11. The molecule has 1 aliphatic heterocycles. The summed E-state index contributed by atoms with van der Waals surface area (Å²) < 4.78 is 0. The van der Waals surface area contributed by atoms with Crippen LogP contribution in [0.4, 0.5) is 0 Å². The van der Waals surface area contributed by atoms with Crippen LogP contribution in [0.2, 0.25) is 0 Å². The number of β-amino-alcohol motifs (C(OH)–C–C–N with tert-alkyl or cyclic N) is 1. The molecule has 0 aromatic heterocycles. The van der Waals surface area contributed by atoms with E-state index in [0.717, 1.165) is 32.1 Å². The Balaban J connectivity index is 1.92. The number of hydrogen-bond donors (Lipinski definition) is 4. The van der Waals surface area contributed by atoms with E-state index in [1.807, 2.05) is 0 Å². The molecule has 4 N–H and O–H groups in total. The number of aliphatic hydroxyl groups is 1. The Labute approximate surface area is 112 Å². The summed E-state index contributed by atoms with van der Waals surface area (Å²) in [7, 11) is 0. The van der Waals surface area contributed by atoms with Gasteiger partial charge in [0.15, 0.2) is 0 Å². The predicted octanol–water partition coefficient (Wildman–Crippen LogP) is -0.141. The van der Waals surface area contributed by atoms with Gasteiger partial charge in [0.2, 0.25) is 5.91 Å². The van der Waals surface area contributed by atoms with Crippen LogP contribution >= 0.6 is 0 Å². The van der Waals surface area contributed by atoms with Crippen molar-refractivity contribution >= 4 is 11.9 Å². The second-order valence-corrected chi connectivity index (χ2v) is 5.57. The van der Waals surface area contributed by atoms with Crippen molar-refractivity contribution < 1.29 is 19.8 Å². The number of carbonyl (C=O) groups is 2. The molecular weight excluding hydrogens is 248 g/mol. The van der Waals surface area contributed by atoms with Gasteiger partial charge in [-0.1, -0.05) is 19.3 Å². The first-order valence-electron chi connectivity index (χ1n) is 7.02. The lowest BCUT2D eigenvalue weighted by Gasteiger charge is -2.28. The molecule has 0 aromatic rings. The first kappa shape index (κ1) is 14.3. The molecule has 3 unspecified atom stereocenters. The normalized spacial score (nSPS) is 29.9. The first-order valence-corrected chi connectivity index (χ1v) is 7.02. The zero-order valence-corrected chi connectivity index (χ0v) is 11.0. The maximum Gasteiger partial charge on any atom is 0.326 e. The van der Waals surface area contributed by atoms with Crippen molar-refractivity contribution in [3.05, 3.63) is 0 Å². The molecule has 3 atom stereocenters. The molecule has 1 amide bonds. The van der Waals surface area contributed by atoms with Crippen molar-refractivity contribution in [3.8, 4) is 0 Å². The first-order chi connectivity index (χ1) is 9.08. The van der Waals surface area contributed by atoms with Gasteiger partial charge in [0.05, 0.1) is 12.1 Å². The molecule has 1 saturated carbocycles. The molecule has 6 heteroatoms. The number of aliphatic hydroxyl groups excluding tert-OH is 1. The molecule has 2 fully saturated rings. The van der Waals surface area contributed by atoms with Crippen molar-refractivity contribution in [1.82, 2.24) is 10.6 Å². The van der Waals surface area contributed by atoms with Crippen LogP contribution in [0.3, 0.4) is 0 Å². The number of rotatable bonds is 4. The third-order valence-corrected chi connectivity index (χ3v) is 4.11. The van der Waals surface area contributed by atoms with E-state index in [1.54, 1.807) is 0 Å². The van der Waals surface area contributed by atoms with Crippen molar-refractivity contribution in [1.29, 1.82) is 0 Å². The van der Waals surface area contributed by atoms with Crippen LogP contribution in [-0.2, 0) is 9.59 Å². The fraction of sp³-hybridized carbons (Fsp3) is 0.846. The molecule has 19 heavy (non-hydrogen) atoms. The topological polar surface area (TPSA) is 98.7 Å². The Morgan fingerprint density at radius 2 is 1.89 bits per heavy atom. The summed E-state index contributed by atoms with van der Waals surface area (Å²) in [6, 6.07) is -1.27. The highest BCUT2D eigenvalue weighted by molar-refractivity contribution is 5.87. The Hall–Kier alpha value is -1.14. The van der Waals surface area contributed by atoms with E-state index in [1.165, 1.54) is 0 Å². The number of carbonyl (C=O) groups excluding carboxylic acids is 1. The highest BCUT2D eigenvalue weighted by Crippen LogP contribution is 2.26. The van der Waals surface area contributed by atoms with E-state index in [2.05, 4.69) is 10.6 Å². The standard InChI is InChI=1S/C13H22N2O4/c16-9-6-10(14-7-9)12(17)15-11(13(18)19)8-4-2-1-3-5-8/h8-11,14,16H,1-7H2,(H,15,17)(H,18,19). The van der Waals surface area contributed by atoms with E-state index >= 15 is 0 Å². The lowest BCUT2D eigenvalue weighted by Crippen LogP contribution is -2.51. The van der Waals surface area contributed by atoms with Crippen LogP contribution in [0.5, 0.6) is 0 Å². The maximum atomic E-state index is 12.0. The zero-order chi connectivity index (χ0) is 13.8. The van der Waals surface area contributed by atoms with Crippen LogP contribution in [0.25, 0.3) is 0 Å². The summed E-state index contributed by atoms with van der Waals surface area (Å²) in [5.41, 5.74) is 0. The van der Waals surface area contributed by atoms with Gasteiger partial charge in [-0.05, 0) is 25.2 Å². The van der Waals surface area contributed by atoms with Crippen LogP contribution < -0.4 is 10.6 Å². The minimum absolute atomic E-state index is 0.0292. The SMILES string of the molecule is O=C(NC(C(=O)O)C1CCCCC1)C1CC(O)CN1. The summed E-state index contributed by atoms with van der Waals surface area (Å²) in [6.45, 7) is 0.388. The summed E-state index contributed by atoms with van der Waals surface area (Å²) >= 11 is 0. The van der Waals surface area contributed by atoms with E-state index < -0.39 is 24.2 Å². The van der Waals surface area contributed by atoms with E-state index in [9.17, 15) is 19.8 Å². The van der Waals surface area contributed by atoms with Crippen LogP contribution in [0, 0.1) is 5.92 Å². The molecule has 0 radical (unpaired) electrons. The minimum Gasteiger partial charge on any atom is -0.480 e. The lowest BCUT2D eigenvalue weighted by molar-refractivity contribution is -0.144. The Bertz CT molecular complexity index is 342. The second kappa shape index (κ2) is 6.34. The zero-order valence-electron chi connectivity index (χ0n) is 11.0. The number of aliphatic carboxylic acids is 1. The number of carboxylic acid groups (broad SMARTS) is 1. The molecule has 1 aliphatic carbocycles. The monoisotopic (exact) mass is 270 g/mol. The average Bonchev–Trinajstić information content (AvgIpc) is 2.83. The average molecular weight is 270 g/mol. The van der Waals surface area contributed by atoms with Gasteiger partial charge < -0.3 is 20.8 Å². The maximum absolute atomic E-state index is 12.0. The molecule has 0 spiro atoms. The number of amides is 1. The molecule has 0 bridgehead atoms. The third kappa shape index (κ3) is 3.67. The molecule has 1 saturated heterocycles. The smallest absolute Gasteiger partial charge is 0.326 e. The fourth-order valence-electron chi connectivity index (χ4n) is 3.02. The Morgan fingerprint density at radius 3 is 2.42 bits per heavy atom. The molecule has 2 rings (SSSR count). The van der Waals surface area contributed by atoms with Crippen molar-refractivity contribution in [2.75, 3.05) is 6.54 Å². The van der Waals surface area contributed by atoms with Gasteiger partial charge in [-0.15, -0.1) is 0 Å². The molecule has 108 valence electrons. The highest BCUT2D eigenvalue weighted by Gasteiger charge is 2.34. The largest absolute Gasteiger partial charge is 0.480 e. The number of nitrogens with one attached hydrogen (secondary N) is 2. The summed E-state index contributed by atoms with van der Waals surface area (Å²) in [6.07, 6.45) is 4.76. The van der Waals surface area contributed by atoms with Crippen LogP contribution in [0.15, 0.2) is 0 Å². The van der Waals surface area contributed by atoms with Crippen LogP contribution in [0.1, 0.15) is 38.5 Å². The lowest BCUT2D eigenvalue weighted by atomic mass is 9.84. The second-order valence-electron chi connectivity index (χ2n) is 5.57. The molecule has 2 aliphatic rings. The number of hydrogen-bond acceptors (Lipinski definition) is 4. The Morgan fingerprint density at radius 1 is 1.21 bits per heavy atom. The summed E-state index contributed by atoms with van der Waals surface area (Å²) in [5, 5.41) is 24.2. The van der Waals surface area contributed by atoms with Crippen LogP contribution in [-0.4, -0.2) is 46.8 Å². The van der Waals surface area contributed by atoms with E-state index in [4.69, 9.17) is 0 Å². The van der Waals surface area contributed by atoms with Gasteiger partial charge in [0.1, 0.15) is 6.04 Å². The summed E-state index contributed by atoms with van der Waals surface area (Å²) in [5.74, 6) is -1.24. The number of carboxylic acids is 1. The van der Waals surface area contributed by atoms with Crippen molar-refractivity contribution in [2.24, 2.45) is 5.92 Å². The molecule has 1 heterocycles. The van der Waals surface area contributed by atoms with Gasteiger partial charge in [0, 0.05) is 6.54 Å². The van der Waals surface area contributed by atoms with Crippen molar-refractivity contribution in [2.45, 2.75) is 56.7 Å². The van der Waals surface area contributed by atoms with E-state index in [0.29, 0.717) is 13.0 Å². The van der Waals surface area contributed by atoms with E-state index in [-0.39, 0.29) is 11.8 Å². The minimum atomic E-state index is -0.959. The highest BCUT2D eigenvalue weighted by atomic mass is 16.4. The summed E-state index contributed by atoms with van der Waals surface area (Å²) in [4.78, 5) is 23.3. The van der Waals surface area contributed by atoms with Gasteiger partial charge in [-0.2, -0.15) is 0 Å². The van der Waals surface area contributed by atoms with Crippen molar-refractivity contribution in [3.63, 3.8) is 0 Å². The molecule has 6 nitrogen and oxygen atoms in total. The van der Waals surface area contributed by atoms with Gasteiger partial charge in [0.25, 0.3) is 0 Å². The van der Waals surface area contributed by atoms with Gasteiger partial charge >= 0.3 is 5.97 Å². The molecule has 0 aromatic carbocycles. The quantitative estimate of drug-likeness (QED) is 0.570. The molecular formula is C13H22N2O4.